The highest BCUT2D eigenvalue weighted by Gasteiger charge is 2.30. The number of nitrogens with zero attached hydrogens (tertiary/aromatic N) is 1. The van der Waals surface area contributed by atoms with Gasteiger partial charge in [0.25, 0.3) is 0 Å². The summed E-state index contributed by atoms with van der Waals surface area (Å²) in [5, 5.41) is 8.04. The maximum Gasteiger partial charge on any atom is 0.00966 e. The number of piperidine rings is 1. The van der Waals surface area contributed by atoms with Crippen molar-refractivity contribution in [2.45, 2.75) is 38.1 Å². The maximum atomic E-state index is 3.54. The molecule has 0 aromatic carbocycles. The number of rotatable bonds is 6. The van der Waals surface area contributed by atoms with Crippen molar-refractivity contribution in [2.75, 3.05) is 26.2 Å². The van der Waals surface area contributed by atoms with Crippen molar-refractivity contribution < 1.29 is 0 Å². The van der Waals surface area contributed by atoms with Crippen LogP contribution in [-0.4, -0.2) is 37.1 Å². The average molecular weight is 264 g/mol. The van der Waals surface area contributed by atoms with Crippen LogP contribution >= 0.6 is 11.3 Å². The van der Waals surface area contributed by atoms with Gasteiger partial charge in [-0.1, -0.05) is 0 Å². The van der Waals surface area contributed by atoms with Crippen molar-refractivity contribution in [3.05, 3.63) is 22.4 Å². The van der Waals surface area contributed by atoms with Gasteiger partial charge in [0.05, 0.1) is 0 Å². The van der Waals surface area contributed by atoms with E-state index in [1.54, 1.807) is 0 Å². The minimum atomic E-state index is 0.891. The standard InChI is InChI=1S/C15H24N2S/c1-2-14(10-16-7-1)11-17(15-3-4-15)8-5-13-6-9-18-12-13/h6,9,12,14-16H,1-5,7-8,10-11H2. The zero-order valence-electron chi connectivity index (χ0n) is 11.1. The quantitative estimate of drug-likeness (QED) is 0.850. The molecule has 3 rings (SSSR count). The molecule has 1 aliphatic heterocycles. The first-order valence-electron chi connectivity index (χ1n) is 7.37. The zero-order chi connectivity index (χ0) is 12.2. The zero-order valence-corrected chi connectivity index (χ0v) is 11.9. The Kier molecular flexibility index (Phi) is 4.34. The van der Waals surface area contributed by atoms with Crippen molar-refractivity contribution >= 4 is 11.3 Å². The lowest BCUT2D eigenvalue weighted by atomic mass is 9.99. The molecule has 0 amide bonds. The van der Waals surface area contributed by atoms with Gasteiger partial charge in [0.2, 0.25) is 0 Å². The van der Waals surface area contributed by atoms with Gasteiger partial charge in [-0.05, 0) is 73.5 Å². The molecule has 0 radical (unpaired) electrons. The van der Waals surface area contributed by atoms with Gasteiger partial charge in [-0.25, -0.2) is 0 Å². The Morgan fingerprint density at radius 2 is 2.28 bits per heavy atom. The molecule has 100 valence electrons. The highest BCUT2D eigenvalue weighted by molar-refractivity contribution is 7.07. The SMILES string of the molecule is c1cc(CCN(CC2CCCNC2)C2CC2)cs1. The predicted molar refractivity (Wildman–Crippen MR) is 78.2 cm³/mol. The molecule has 3 heteroatoms. The second-order valence-corrected chi connectivity index (χ2v) is 6.60. The summed E-state index contributed by atoms with van der Waals surface area (Å²) in [6.07, 6.45) is 6.90. The van der Waals surface area contributed by atoms with Crippen LogP contribution in [0.15, 0.2) is 16.8 Å². The first-order valence-corrected chi connectivity index (χ1v) is 8.32. The van der Waals surface area contributed by atoms with E-state index in [9.17, 15) is 0 Å². The molecule has 1 aromatic heterocycles. The van der Waals surface area contributed by atoms with Crippen molar-refractivity contribution in [1.29, 1.82) is 0 Å². The number of hydrogen-bond donors (Lipinski definition) is 1. The van der Waals surface area contributed by atoms with E-state index >= 15 is 0 Å². The molecule has 0 spiro atoms. The largest absolute Gasteiger partial charge is 0.316 e. The third kappa shape index (κ3) is 3.56. The van der Waals surface area contributed by atoms with Crippen LogP contribution in [0.1, 0.15) is 31.2 Å². The molecular weight excluding hydrogens is 240 g/mol. The van der Waals surface area contributed by atoms with E-state index in [4.69, 9.17) is 0 Å². The fraction of sp³-hybridized carbons (Fsp3) is 0.733. The van der Waals surface area contributed by atoms with Gasteiger partial charge >= 0.3 is 0 Å². The van der Waals surface area contributed by atoms with Crippen molar-refractivity contribution in [3.63, 3.8) is 0 Å². The van der Waals surface area contributed by atoms with E-state index in [2.05, 4.69) is 27.0 Å². The fourth-order valence-corrected chi connectivity index (χ4v) is 3.68. The fourth-order valence-electron chi connectivity index (χ4n) is 2.98. The molecular formula is C15H24N2S. The van der Waals surface area contributed by atoms with E-state index in [-0.39, 0.29) is 0 Å². The minimum absolute atomic E-state index is 0.891. The van der Waals surface area contributed by atoms with Crippen molar-refractivity contribution in [1.82, 2.24) is 10.2 Å². The molecule has 1 unspecified atom stereocenters. The molecule has 0 bridgehead atoms. The highest BCUT2D eigenvalue weighted by atomic mass is 32.1. The minimum Gasteiger partial charge on any atom is -0.316 e. The summed E-state index contributed by atoms with van der Waals surface area (Å²) < 4.78 is 0. The third-order valence-corrected chi connectivity index (χ3v) is 4.95. The second kappa shape index (κ2) is 6.18. The summed E-state index contributed by atoms with van der Waals surface area (Å²) in [4.78, 5) is 2.76. The van der Waals surface area contributed by atoms with E-state index in [1.807, 2.05) is 11.3 Å². The molecule has 1 atom stereocenters. The van der Waals surface area contributed by atoms with Crippen molar-refractivity contribution in [3.8, 4) is 0 Å². The number of nitrogens with one attached hydrogen (secondary N) is 1. The lowest BCUT2D eigenvalue weighted by molar-refractivity contribution is 0.202. The van der Waals surface area contributed by atoms with E-state index in [0.717, 1.165) is 12.0 Å². The van der Waals surface area contributed by atoms with Gasteiger partial charge in [0, 0.05) is 19.1 Å². The Balaban J connectivity index is 1.48. The predicted octanol–water partition coefficient (Wildman–Crippen LogP) is 2.75. The lowest BCUT2D eigenvalue weighted by Crippen LogP contribution is -2.40. The van der Waals surface area contributed by atoms with Crippen LogP contribution in [0.3, 0.4) is 0 Å². The third-order valence-electron chi connectivity index (χ3n) is 4.22. The van der Waals surface area contributed by atoms with Crippen molar-refractivity contribution in [2.24, 2.45) is 5.92 Å². The Morgan fingerprint density at radius 3 is 2.94 bits per heavy atom. The van der Waals surface area contributed by atoms with Gasteiger partial charge in [-0.15, -0.1) is 0 Å². The summed E-state index contributed by atoms with van der Waals surface area (Å²) in [6.45, 7) is 5.05. The average Bonchev–Trinajstić information content (AvgIpc) is 3.12. The Morgan fingerprint density at radius 1 is 1.33 bits per heavy atom. The summed E-state index contributed by atoms with van der Waals surface area (Å²) in [7, 11) is 0. The monoisotopic (exact) mass is 264 g/mol. The Hall–Kier alpha value is -0.380. The summed E-state index contributed by atoms with van der Waals surface area (Å²) in [5.41, 5.74) is 1.52. The molecule has 1 saturated carbocycles. The highest BCUT2D eigenvalue weighted by Crippen LogP contribution is 2.28. The normalized spacial score (nSPS) is 24.6. The first-order chi connectivity index (χ1) is 8.92. The van der Waals surface area contributed by atoms with Crippen LogP contribution in [0, 0.1) is 5.92 Å². The van der Waals surface area contributed by atoms with Gasteiger partial charge in [-0.2, -0.15) is 11.3 Å². The van der Waals surface area contributed by atoms with Crippen LogP contribution in [0.4, 0.5) is 0 Å². The molecule has 2 fully saturated rings. The van der Waals surface area contributed by atoms with Crippen LogP contribution in [0.5, 0.6) is 0 Å². The van der Waals surface area contributed by atoms with Crippen LogP contribution < -0.4 is 5.32 Å². The Labute approximate surface area is 114 Å². The summed E-state index contributed by atoms with van der Waals surface area (Å²) in [5.74, 6) is 0.891. The molecule has 1 saturated heterocycles. The van der Waals surface area contributed by atoms with E-state index in [1.165, 1.54) is 63.8 Å². The topological polar surface area (TPSA) is 15.3 Å². The van der Waals surface area contributed by atoms with E-state index < -0.39 is 0 Å². The van der Waals surface area contributed by atoms with Gasteiger partial charge < -0.3 is 5.32 Å². The van der Waals surface area contributed by atoms with Crippen LogP contribution in [-0.2, 0) is 6.42 Å². The summed E-state index contributed by atoms with van der Waals surface area (Å²) >= 11 is 1.82. The first kappa shape index (κ1) is 12.6. The Bertz CT molecular complexity index is 339. The van der Waals surface area contributed by atoms with Gasteiger partial charge in [0.15, 0.2) is 0 Å². The molecule has 2 heterocycles. The van der Waals surface area contributed by atoms with Gasteiger partial charge in [0.1, 0.15) is 0 Å². The van der Waals surface area contributed by atoms with Crippen LogP contribution in [0.2, 0.25) is 0 Å². The smallest absolute Gasteiger partial charge is 0.00966 e. The molecule has 2 nitrogen and oxygen atoms in total. The number of thiophene rings is 1. The van der Waals surface area contributed by atoms with Crippen LogP contribution in [0.25, 0.3) is 0 Å². The molecule has 1 aromatic rings. The second-order valence-electron chi connectivity index (χ2n) is 5.82. The molecule has 1 N–H and O–H groups in total. The lowest BCUT2D eigenvalue weighted by Gasteiger charge is -2.30. The summed E-state index contributed by atoms with van der Waals surface area (Å²) in [6, 6.07) is 3.18. The molecule has 18 heavy (non-hydrogen) atoms. The van der Waals surface area contributed by atoms with E-state index in [0.29, 0.717) is 0 Å². The molecule has 2 aliphatic rings. The van der Waals surface area contributed by atoms with Gasteiger partial charge in [-0.3, -0.25) is 4.90 Å². The number of hydrogen-bond acceptors (Lipinski definition) is 3. The maximum absolute atomic E-state index is 3.54. The molecule has 1 aliphatic carbocycles.